The molecule has 2 aromatic carbocycles. The van der Waals surface area contributed by atoms with Crippen LogP contribution in [-0.4, -0.2) is 28.8 Å². The van der Waals surface area contributed by atoms with Gasteiger partial charge in [-0.2, -0.15) is 8.42 Å². The lowest BCUT2D eigenvalue weighted by atomic mass is 9.94. The average molecular weight is 389 g/mol. The van der Waals surface area contributed by atoms with E-state index in [1.165, 1.54) is 6.08 Å². The maximum Gasteiger partial charge on any atom is 0.298 e. The van der Waals surface area contributed by atoms with E-state index in [0.717, 1.165) is 11.6 Å². The van der Waals surface area contributed by atoms with Gasteiger partial charge < -0.3 is 5.11 Å². The predicted octanol–water partition coefficient (Wildman–Crippen LogP) is 2.95. The molecule has 11 heteroatoms. The minimum absolute atomic E-state index is 0.0620. The first-order valence-electron chi connectivity index (χ1n) is 7.42. The summed E-state index contributed by atoms with van der Waals surface area (Å²) in [4.78, 5) is 21.3. The minimum atomic E-state index is -4.94. The summed E-state index contributed by atoms with van der Waals surface area (Å²) in [7, 11) is -4.94. The number of nitro groups is 1. The van der Waals surface area contributed by atoms with E-state index in [-0.39, 0.29) is 5.70 Å². The maximum atomic E-state index is 12.4. The fourth-order valence-electron chi connectivity index (χ4n) is 2.51. The number of phenolic OH excluding ortho intramolecular Hbond substituents is 1. The zero-order valence-corrected chi connectivity index (χ0v) is 14.3. The number of hydrogen-bond donors (Lipinski definition) is 2. The first-order valence-corrected chi connectivity index (χ1v) is 8.86. The number of aromatic hydroxyl groups is 1. The number of Topliss-reactive ketones (excluding diaryl/α,β-unsaturated/α-hetero) is 1. The van der Waals surface area contributed by atoms with E-state index in [0.29, 0.717) is 18.1 Å². The molecule has 2 aromatic rings. The van der Waals surface area contributed by atoms with Gasteiger partial charge in [-0.05, 0) is 18.1 Å². The number of ketones is 1. The minimum Gasteiger partial charge on any atom is -0.504 e. The van der Waals surface area contributed by atoms with E-state index in [1.807, 2.05) is 0 Å². The van der Waals surface area contributed by atoms with Crippen LogP contribution in [0.5, 0.6) is 5.75 Å². The monoisotopic (exact) mass is 389 g/mol. The molecule has 0 amide bonds. The van der Waals surface area contributed by atoms with E-state index in [9.17, 15) is 28.4 Å². The molecule has 138 valence electrons. The molecule has 0 spiro atoms. The molecule has 0 aliphatic heterocycles. The molecule has 0 atom stereocenters. The van der Waals surface area contributed by atoms with Gasteiger partial charge in [-0.15, -0.1) is 10.2 Å². The topological polar surface area (TPSA) is 160 Å². The molecule has 0 bridgehead atoms. The van der Waals surface area contributed by atoms with Crippen LogP contribution in [0.1, 0.15) is 15.9 Å². The van der Waals surface area contributed by atoms with Crippen LogP contribution < -0.4 is 0 Å². The zero-order valence-electron chi connectivity index (χ0n) is 13.4. The Labute approximate surface area is 152 Å². The lowest BCUT2D eigenvalue weighted by molar-refractivity contribution is -0.385. The van der Waals surface area contributed by atoms with Gasteiger partial charge in [0.25, 0.3) is 15.8 Å². The summed E-state index contributed by atoms with van der Waals surface area (Å²) in [6.07, 6.45) is 1.90. The van der Waals surface area contributed by atoms with Crippen LogP contribution in [0, 0.1) is 10.1 Å². The van der Waals surface area contributed by atoms with E-state index >= 15 is 0 Å². The molecule has 0 fully saturated rings. The molecule has 0 aromatic heterocycles. The SMILES string of the molecule is O=C1C(N=Nc2cc([N+](=O)[O-])cc(S(=O)(=O)O)c2O)=CCc2ccccc21. The van der Waals surface area contributed by atoms with E-state index in [1.54, 1.807) is 24.3 Å². The Morgan fingerprint density at radius 2 is 1.85 bits per heavy atom. The Kier molecular flexibility index (Phi) is 4.56. The molecule has 0 saturated heterocycles. The summed E-state index contributed by atoms with van der Waals surface area (Å²) < 4.78 is 31.7. The smallest absolute Gasteiger partial charge is 0.298 e. The molecule has 0 radical (unpaired) electrons. The summed E-state index contributed by atoms with van der Waals surface area (Å²) in [5.74, 6) is -1.45. The number of non-ortho nitro benzene ring substituents is 1. The lowest BCUT2D eigenvalue weighted by Gasteiger charge is -2.12. The van der Waals surface area contributed by atoms with Crippen LogP contribution in [0.25, 0.3) is 0 Å². The number of azo groups is 1. The molecule has 10 nitrogen and oxygen atoms in total. The number of benzene rings is 2. The number of hydrogen-bond acceptors (Lipinski definition) is 8. The van der Waals surface area contributed by atoms with Crippen LogP contribution in [0.4, 0.5) is 11.4 Å². The molecule has 1 aliphatic carbocycles. The van der Waals surface area contributed by atoms with Crippen LogP contribution in [0.2, 0.25) is 0 Å². The van der Waals surface area contributed by atoms with Gasteiger partial charge in [-0.25, -0.2) is 0 Å². The first kappa shape index (κ1) is 18.4. The van der Waals surface area contributed by atoms with Crippen molar-refractivity contribution < 1.29 is 27.8 Å². The highest BCUT2D eigenvalue weighted by Gasteiger charge is 2.25. The van der Waals surface area contributed by atoms with Gasteiger partial charge in [0.15, 0.2) is 5.75 Å². The molecule has 1 aliphatic rings. The molecule has 3 rings (SSSR count). The maximum absolute atomic E-state index is 12.4. The van der Waals surface area contributed by atoms with Crippen molar-refractivity contribution in [1.29, 1.82) is 0 Å². The Hall–Kier alpha value is -3.44. The average Bonchev–Trinajstić information content (AvgIpc) is 2.61. The van der Waals surface area contributed by atoms with Gasteiger partial charge in [0.2, 0.25) is 5.78 Å². The second kappa shape index (κ2) is 6.70. The van der Waals surface area contributed by atoms with Crippen molar-refractivity contribution in [2.75, 3.05) is 0 Å². The van der Waals surface area contributed by atoms with Crippen LogP contribution in [0.15, 0.2) is 63.3 Å². The van der Waals surface area contributed by atoms with E-state index in [2.05, 4.69) is 10.2 Å². The number of phenols is 1. The normalized spacial score (nSPS) is 14.1. The second-order valence-electron chi connectivity index (χ2n) is 5.52. The van der Waals surface area contributed by atoms with Crippen molar-refractivity contribution in [3.63, 3.8) is 0 Å². The first-order chi connectivity index (χ1) is 12.7. The van der Waals surface area contributed by atoms with Gasteiger partial charge in [0, 0.05) is 17.7 Å². The molecular formula is C16H11N3O7S. The third-order valence-electron chi connectivity index (χ3n) is 3.80. The number of carbonyl (C=O) groups excluding carboxylic acids is 1. The molecule has 2 N–H and O–H groups in total. The fraction of sp³-hybridized carbons (Fsp3) is 0.0625. The van der Waals surface area contributed by atoms with Crippen molar-refractivity contribution in [2.45, 2.75) is 11.3 Å². The third-order valence-corrected chi connectivity index (χ3v) is 4.67. The largest absolute Gasteiger partial charge is 0.504 e. The third kappa shape index (κ3) is 3.59. The summed E-state index contributed by atoms with van der Waals surface area (Å²) in [5.41, 5.74) is -0.148. The standard InChI is InChI=1S/C16H11N3O7S/c20-15-11-4-2-1-3-9(11)5-6-12(15)17-18-13-7-10(19(22)23)8-14(16(13)21)27(24,25)26/h1-4,6-8,21H,5H2,(H,24,25,26). The molecule has 0 heterocycles. The predicted molar refractivity (Wildman–Crippen MR) is 91.7 cm³/mol. The summed E-state index contributed by atoms with van der Waals surface area (Å²) in [6.45, 7) is 0. The number of allylic oxidation sites excluding steroid dienone is 2. The van der Waals surface area contributed by atoms with Crippen molar-refractivity contribution in [3.8, 4) is 5.75 Å². The quantitative estimate of drug-likeness (QED) is 0.352. The van der Waals surface area contributed by atoms with Crippen LogP contribution >= 0.6 is 0 Å². The lowest BCUT2D eigenvalue weighted by Crippen LogP contribution is -2.10. The van der Waals surface area contributed by atoms with Crippen LogP contribution in [-0.2, 0) is 16.5 Å². The van der Waals surface area contributed by atoms with Gasteiger partial charge in [0.1, 0.15) is 16.3 Å². The number of rotatable bonds is 4. The van der Waals surface area contributed by atoms with Gasteiger partial charge >= 0.3 is 0 Å². The molecular weight excluding hydrogens is 378 g/mol. The van der Waals surface area contributed by atoms with Crippen molar-refractivity contribution in [2.24, 2.45) is 10.2 Å². The second-order valence-corrected chi connectivity index (χ2v) is 6.91. The fourth-order valence-corrected chi connectivity index (χ4v) is 3.13. The number of fused-ring (bicyclic) bond motifs is 1. The highest BCUT2D eigenvalue weighted by molar-refractivity contribution is 7.86. The Morgan fingerprint density at radius 3 is 2.52 bits per heavy atom. The molecule has 0 saturated carbocycles. The molecule has 27 heavy (non-hydrogen) atoms. The summed E-state index contributed by atoms with van der Waals surface area (Å²) >= 11 is 0. The van der Waals surface area contributed by atoms with Crippen LogP contribution in [0.3, 0.4) is 0 Å². The Bertz CT molecular complexity index is 1140. The number of nitro benzene ring substituents is 1. The number of carbonyl (C=O) groups is 1. The Balaban J connectivity index is 2.03. The Morgan fingerprint density at radius 1 is 1.15 bits per heavy atom. The highest BCUT2D eigenvalue weighted by atomic mass is 32.2. The highest BCUT2D eigenvalue weighted by Crippen LogP contribution is 2.38. The van der Waals surface area contributed by atoms with Crippen molar-refractivity contribution in [3.05, 3.63) is 69.4 Å². The van der Waals surface area contributed by atoms with E-state index in [4.69, 9.17) is 4.55 Å². The van der Waals surface area contributed by atoms with Crippen molar-refractivity contribution >= 4 is 27.3 Å². The van der Waals surface area contributed by atoms with Gasteiger partial charge in [0.05, 0.1) is 4.92 Å². The molecule has 0 unspecified atom stereocenters. The zero-order chi connectivity index (χ0) is 19.8. The van der Waals surface area contributed by atoms with E-state index < -0.39 is 42.8 Å². The summed E-state index contributed by atoms with van der Waals surface area (Å²) in [6, 6.07) is 8.12. The number of nitrogens with zero attached hydrogens (tertiary/aromatic N) is 3. The van der Waals surface area contributed by atoms with Crippen molar-refractivity contribution in [1.82, 2.24) is 0 Å². The van der Waals surface area contributed by atoms with Gasteiger partial charge in [-0.1, -0.05) is 24.3 Å². The van der Waals surface area contributed by atoms with Gasteiger partial charge in [-0.3, -0.25) is 19.5 Å². The summed E-state index contributed by atoms with van der Waals surface area (Å²) in [5, 5.41) is 28.2.